The van der Waals surface area contributed by atoms with E-state index < -0.39 is 0 Å². The van der Waals surface area contributed by atoms with E-state index in [2.05, 4.69) is 29.8 Å². The maximum atomic E-state index is 12.3. The standard InChI is InChI=1S/C13H19BrN2O/c1-3-8-16(9-4-2)13(17)10-6-5-7-11(15)12(10)14/h5-7H,3-4,8-9,15H2,1-2H3. The van der Waals surface area contributed by atoms with Crippen molar-refractivity contribution in [2.75, 3.05) is 18.8 Å². The summed E-state index contributed by atoms with van der Waals surface area (Å²) < 4.78 is 0.696. The molecule has 0 spiro atoms. The van der Waals surface area contributed by atoms with Crippen LogP contribution in [0.25, 0.3) is 0 Å². The zero-order valence-electron chi connectivity index (χ0n) is 10.4. The summed E-state index contributed by atoms with van der Waals surface area (Å²) in [4.78, 5) is 14.2. The van der Waals surface area contributed by atoms with Gasteiger partial charge in [0.25, 0.3) is 5.91 Å². The Labute approximate surface area is 111 Å². The van der Waals surface area contributed by atoms with Crippen LogP contribution < -0.4 is 5.73 Å². The number of amides is 1. The van der Waals surface area contributed by atoms with Gasteiger partial charge in [-0.25, -0.2) is 0 Å². The molecule has 0 saturated heterocycles. The fourth-order valence-electron chi connectivity index (χ4n) is 1.74. The quantitative estimate of drug-likeness (QED) is 0.848. The van der Waals surface area contributed by atoms with E-state index in [9.17, 15) is 4.79 Å². The first-order valence-corrected chi connectivity index (χ1v) is 6.74. The molecule has 0 saturated carbocycles. The van der Waals surface area contributed by atoms with Crippen LogP contribution in [0.2, 0.25) is 0 Å². The van der Waals surface area contributed by atoms with E-state index in [1.54, 1.807) is 12.1 Å². The van der Waals surface area contributed by atoms with Crippen molar-refractivity contribution < 1.29 is 4.79 Å². The van der Waals surface area contributed by atoms with Crippen LogP contribution in [0.4, 0.5) is 5.69 Å². The molecule has 0 radical (unpaired) electrons. The maximum absolute atomic E-state index is 12.3. The molecule has 2 N–H and O–H groups in total. The molecule has 0 aliphatic rings. The van der Waals surface area contributed by atoms with Gasteiger partial charge in [0.2, 0.25) is 0 Å². The molecule has 0 aromatic heterocycles. The van der Waals surface area contributed by atoms with Gasteiger partial charge in [0.15, 0.2) is 0 Å². The lowest BCUT2D eigenvalue weighted by Crippen LogP contribution is -2.32. The third kappa shape index (κ3) is 3.46. The van der Waals surface area contributed by atoms with Crippen LogP contribution in [0.5, 0.6) is 0 Å². The first-order valence-electron chi connectivity index (χ1n) is 5.95. The molecule has 4 heteroatoms. The van der Waals surface area contributed by atoms with Crippen molar-refractivity contribution in [1.82, 2.24) is 4.90 Å². The molecule has 1 amide bonds. The third-order valence-electron chi connectivity index (χ3n) is 2.53. The summed E-state index contributed by atoms with van der Waals surface area (Å²) in [6.45, 7) is 5.72. The van der Waals surface area contributed by atoms with Gasteiger partial charge in [0.1, 0.15) is 0 Å². The van der Waals surface area contributed by atoms with Gasteiger partial charge in [-0.2, -0.15) is 0 Å². The molecule has 0 heterocycles. The van der Waals surface area contributed by atoms with Crippen molar-refractivity contribution in [3.63, 3.8) is 0 Å². The molecule has 94 valence electrons. The first kappa shape index (κ1) is 14.0. The highest BCUT2D eigenvalue weighted by Gasteiger charge is 2.17. The van der Waals surface area contributed by atoms with E-state index in [1.165, 1.54) is 0 Å². The average molecular weight is 299 g/mol. The Morgan fingerprint density at radius 2 is 1.88 bits per heavy atom. The molecular weight excluding hydrogens is 280 g/mol. The zero-order chi connectivity index (χ0) is 12.8. The highest BCUT2D eigenvalue weighted by Crippen LogP contribution is 2.25. The maximum Gasteiger partial charge on any atom is 0.255 e. The lowest BCUT2D eigenvalue weighted by Gasteiger charge is -2.22. The largest absolute Gasteiger partial charge is 0.398 e. The van der Waals surface area contributed by atoms with Gasteiger partial charge >= 0.3 is 0 Å². The average Bonchev–Trinajstić information content (AvgIpc) is 2.31. The summed E-state index contributed by atoms with van der Waals surface area (Å²) in [6, 6.07) is 5.40. The molecule has 17 heavy (non-hydrogen) atoms. The van der Waals surface area contributed by atoms with Gasteiger partial charge in [0, 0.05) is 18.8 Å². The number of carbonyl (C=O) groups is 1. The highest BCUT2D eigenvalue weighted by atomic mass is 79.9. The summed E-state index contributed by atoms with van der Waals surface area (Å²) in [5.41, 5.74) is 7.03. The fourth-order valence-corrected chi connectivity index (χ4v) is 2.17. The molecule has 1 aromatic rings. The smallest absolute Gasteiger partial charge is 0.255 e. The monoisotopic (exact) mass is 298 g/mol. The van der Waals surface area contributed by atoms with Gasteiger partial charge < -0.3 is 10.6 Å². The van der Waals surface area contributed by atoms with Crippen molar-refractivity contribution in [1.29, 1.82) is 0 Å². The fraction of sp³-hybridized carbons (Fsp3) is 0.462. The van der Waals surface area contributed by atoms with Crippen molar-refractivity contribution in [2.24, 2.45) is 0 Å². The molecular formula is C13H19BrN2O. The summed E-state index contributed by atoms with van der Waals surface area (Å²) >= 11 is 3.38. The minimum absolute atomic E-state index is 0.0490. The summed E-state index contributed by atoms with van der Waals surface area (Å²) in [6.07, 6.45) is 1.93. The van der Waals surface area contributed by atoms with Gasteiger partial charge in [-0.3, -0.25) is 4.79 Å². The number of hydrogen-bond acceptors (Lipinski definition) is 2. The van der Waals surface area contributed by atoms with Crippen LogP contribution in [0, 0.1) is 0 Å². The van der Waals surface area contributed by atoms with Crippen LogP contribution in [0.1, 0.15) is 37.0 Å². The van der Waals surface area contributed by atoms with E-state index in [-0.39, 0.29) is 5.91 Å². The molecule has 0 fully saturated rings. The SMILES string of the molecule is CCCN(CCC)C(=O)c1cccc(N)c1Br. The Balaban J connectivity index is 2.96. The topological polar surface area (TPSA) is 46.3 Å². The molecule has 0 aliphatic heterocycles. The number of halogens is 1. The Hall–Kier alpha value is -1.03. The minimum Gasteiger partial charge on any atom is -0.398 e. The highest BCUT2D eigenvalue weighted by molar-refractivity contribution is 9.10. The van der Waals surface area contributed by atoms with Gasteiger partial charge in [-0.1, -0.05) is 19.9 Å². The lowest BCUT2D eigenvalue weighted by atomic mass is 10.1. The Kier molecular flexibility index (Phi) is 5.48. The van der Waals surface area contributed by atoms with Crippen LogP contribution in [0.3, 0.4) is 0 Å². The van der Waals surface area contributed by atoms with Gasteiger partial charge in [-0.15, -0.1) is 0 Å². The molecule has 0 unspecified atom stereocenters. The van der Waals surface area contributed by atoms with Gasteiger partial charge in [-0.05, 0) is 40.9 Å². The number of carbonyl (C=O) groups excluding carboxylic acids is 1. The first-order chi connectivity index (χ1) is 8.11. The Morgan fingerprint density at radius 1 is 1.29 bits per heavy atom. The molecule has 0 atom stereocenters. The van der Waals surface area contributed by atoms with E-state index in [0.29, 0.717) is 15.7 Å². The van der Waals surface area contributed by atoms with Crippen molar-refractivity contribution in [3.05, 3.63) is 28.2 Å². The molecule has 1 aromatic carbocycles. The molecule has 0 bridgehead atoms. The number of nitrogens with two attached hydrogens (primary N) is 1. The predicted octanol–water partition coefficient (Wildman–Crippen LogP) is 3.29. The summed E-state index contributed by atoms with van der Waals surface area (Å²) in [5.74, 6) is 0.0490. The van der Waals surface area contributed by atoms with Crippen LogP contribution in [-0.4, -0.2) is 23.9 Å². The number of rotatable bonds is 5. The second kappa shape index (κ2) is 6.64. The van der Waals surface area contributed by atoms with Crippen molar-refractivity contribution in [2.45, 2.75) is 26.7 Å². The number of nitrogens with zero attached hydrogens (tertiary/aromatic N) is 1. The number of nitrogen functional groups attached to an aromatic ring is 1. The number of hydrogen-bond donors (Lipinski definition) is 1. The normalized spacial score (nSPS) is 10.3. The Morgan fingerprint density at radius 3 is 2.41 bits per heavy atom. The van der Waals surface area contributed by atoms with Gasteiger partial charge in [0.05, 0.1) is 10.0 Å². The van der Waals surface area contributed by atoms with E-state index in [4.69, 9.17) is 5.73 Å². The zero-order valence-corrected chi connectivity index (χ0v) is 12.0. The number of benzene rings is 1. The van der Waals surface area contributed by atoms with Crippen LogP contribution >= 0.6 is 15.9 Å². The van der Waals surface area contributed by atoms with Crippen molar-refractivity contribution in [3.8, 4) is 0 Å². The summed E-state index contributed by atoms with van der Waals surface area (Å²) in [7, 11) is 0. The van der Waals surface area contributed by atoms with Crippen LogP contribution in [0.15, 0.2) is 22.7 Å². The van der Waals surface area contributed by atoms with E-state index in [0.717, 1.165) is 25.9 Å². The Bertz CT molecular complexity index is 387. The lowest BCUT2D eigenvalue weighted by molar-refractivity contribution is 0.0754. The van der Waals surface area contributed by atoms with E-state index in [1.807, 2.05) is 11.0 Å². The molecule has 3 nitrogen and oxygen atoms in total. The molecule has 0 aliphatic carbocycles. The van der Waals surface area contributed by atoms with E-state index >= 15 is 0 Å². The van der Waals surface area contributed by atoms with Crippen molar-refractivity contribution >= 4 is 27.5 Å². The minimum atomic E-state index is 0.0490. The number of anilines is 1. The molecule has 1 rings (SSSR count). The second-order valence-corrected chi connectivity index (χ2v) is 4.79. The van der Waals surface area contributed by atoms with Crippen LogP contribution in [-0.2, 0) is 0 Å². The predicted molar refractivity (Wildman–Crippen MR) is 75.0 cm³/mol. The summed E-state index contributed by atoms with van der Waals surface area (Å²) in [5, 5.41) is 0. The second-order valence-electron chi connectivity index (χ2n) is 4.00. The third-order valence-corrected chi connectivity index (χ3v) is 3.42.